The van der Waals surface area contributed by atoms with Crippen LogP contribution in [0.5, 0.6) is 5.75 Å². The van der Waals surface area contributed by atoms with Gasteiger partial charge in [-0.2, -0.15) is 0 Å². The smallest absolute Gasteiger partial charge is 0.407 e. The third-order valence-corrected chi connectivity index (χ3v) is 8.82. The largest absolute Gasteiger partial charge is 0.489 e. The molecule has 1 amide bonds. The number of carbonyl (C=O) groups excluding carboxylic acids is 2. The molecule has 6 rings (SSSR count). The molecule has 0 unspecified atom stereocenters. The van der Waals surface area contributed by atoms with Crippen molar-refractivity contribution in [3.05, 3.63) is 125 Å². The van der Waals surface area contributed by atoms with E-state index >= 15 is 0 Å². The second-order valence-electron chi connectivity index (χ2n) is 13.5. The van der Waals surface area contributed by atoms with Crippen LogP contribution in [0.3, 0.4) is 0 Å². The van der Waals surface area contributed by atoms with E-state index in [9.17, 15) is 9.59 Å². The summed E-state index contributed by atoms with van der Waals surface area (Å²) >= 11 is 0. The summed E-state index contributed by atoms with van der Waals surface area (Å²) in [6, 6.07) is 34.0. The number of benzene rings is 4. The maximum absolute atomic E-state index is 13.4. The Morgan fingerprint density at radius 2 is 1.47 bits per heavy atom. The molecule has 1 heterocycles. The van der Waals surface area contributed by atoms with Crippen molar-refractivity contribution >= 4 is 12.1 Å². The average molecular weight is 633 g/mol. The van der Waals surface area contributed by atoms with Crippen molar-refractivity contribution in [2.75, 3.05) is 19.7 Å². The van der Waals surface area contributed by atoms with E-state index in [4.69, 9.17) is 14.2 Å². The summed E-state index contributed by atoms with van der Waals surface area (Å²) < 4.78 is 17.7. The number of hydrogen-bond acceptors (Lipinski definition) is 6. The van der Waals surface area contributed by atoms with Gasteiger partial charge >= 0.3 is 12.1 Å². The van der Waals surface area contributed by atoms with Crippen LogP contribution < -0.4 is 10.1 Å². The van der Waals surface area contributed by atoms with E-state index in [0.717, 1.165) is 36.3 Å². The Morgan fingerprint density at radius 3 is 2.13 bits per heavy atom. The molecule has 1 aliphatic carbocycles. The lowest BCUT2D eigenvalue weighted by Gasteiger charge is -2.30. The van der Waals surface area contributed by atoms with Gasteiger partial charge in [-0.3, -0.25) is 9.69 Å². The van der Waals surface area contributed by atoms with Crippen molar-refractivity contribution in [2.45, 2.75) is 70.2 Å². The lowest BCUT2D eigenvalue weighted by atomic mass is 9.98. The predicted octanol–water partition coefficient (Wildman–Crippen LogP) is 7.52. The highest BCUT2D eigenvalue weighted by atomic mass is 16.6. The van der Waals surface area contributed by atoms with Crippen molar-refractivity contribution in [3.63, 3.8) is 0 Å². The maximum atomic E-state index is 13.4. The number of esters is 1. The van der Waals surface area contributed by atoms with E-state index in [1.807, 2.05) is 99.6 Å². The summed E-state index contributed by atoms with van der Waals surface area (Å²) in [5, 5.41) is 3.15. The Labute approximate surface area is 277 Å². The molecule has 244 valence electrons. The number of fused-ring (bicyclic) bond motifs is 3. The molecular formula is C40H44N2O5. The molecule has 4 aromatic rings. The molecule has 0 aromatic heterocycles. The molecule has 4 aromatic carbocycles. The Bertz CT molecular complexity index is 1620. The number of amides is 1. The van der Waals surface area contributed by atoms with E-state index in [2.05, 4.69) is 34.5 Å². The molecule has 47 heavy (non-hydrogen) atoms. The summed E-state index contributed by atoms with van der Waals surface area (Å²) in [4.78, 5) is 28.6. The van der Waals surface area contributed by atoms with Crippen LogP contribution in [0, 0.1) is 0 Å². The SMILES string of the molecule is CC(C)(C)OC(=O)[C@@H]1CCCN1C[C@H](Cc1ccc(OCc2ccccc2)cc1)NC(=O)OCC1c2ccccc2-c2ccccc21. The van der Waals surface area contributed by atoms with E-state index in [-0.39, 0.29) is 30.6 Å². The number of nitrogens with zero attached hydrogens (tertiary/aromatic N) is 1. The van der Waals surface area contributed by atoms with Crippen molar-refractivity contribution in [1.29, 1.82) is 0 Å². The van der Waals surface area contributed by atoms with Crippen LogP contribution in [0.2, 0.25) is 0 Å². The second-order valence-corrected chi connectivity index (χ2v) is 13.5. The molecular weight excluding hydrogens is 588 g/mol. The number of alkyl carbamates (subject to hydrolysis) is 1. The van der Waals surface area contributed by atoms with Gasteiger partial charge < -0.3 is 19.5 Å². The summed E-state index contributed by atoms with van der Waals surface area (Å²) in [7, 11) is 0. The van der Waals surface area contributed by atoms with Crippen LogP contribution in [0.15, 0.2) is 103 Å². The Balaban J connectivity index is 1.13. The van der Waals surface area contributed by atoms with Crippen LogP contribution in [-0.2, 0) is 27.3 Å². The fraction of sp³-hybridized carbons (Fsp3) is 0.350. The van der Waals surface area contributed by atoms with Crippen LogP contribution >= 0.6 is 0 Å². The zero-order valence-corrected chi connectivity index (χ0v) is 27.5. The fourth-order valence-corrected chi connectivity index (χ4v) is 6.68. The molecule has 1 aliphatic heterocycles. The molecule has 0 saturated carbocycles. The van der Waals surface area contributed by atoms with Crippen LogP contribution in [0.1, 0.15) is 61.8 Å². The zero-order valence-electron chi connectivity index (χ0n) is 27.5. The normalized spacial score (nSPS) is 16.6. The fourth-order valence-electron chi connectivity index (χ4n) is 6.68. The quantitative estimate of drug-likeness (QED) is 0.172. The minimum Gasteiger partial charge on any atom is -0.489 e. The van der Waals surface area contributed by atoms with Gasteiger partial charge in [0.05, 0.1) is 0 Å². The first-order valence-corrected chi connectivity index (χ1v) is 16.6. The number of hydrogen-bond donors (Lipinski definition) is 1. The molecule has 1 N–H and O–H groups in total. The molecule has 0 radical (unpaired) electrons. The lowest BCUT2D eigenvalue weighted by molar-refractivity contribution is -0.160. The highest BCUT2D eigenvalue weighted by Gasteiger charge is 2.36. The topological polar surface area (TPSA) is 77.1 Å². The van der Waals surface area contributed by atoms with Crippen LogP contribution in [-0.4, -0.2) is 54.3 Å². The van der Waals surface area contributed by atoms with Gasteiger partial charge in [0.25, 0.3) is 0 Å². The molecule has 7 heteroatoms. The van der Waals surface area contributed by atoms with Crippen molar-refractivity contribution < 1.29 is 23.8 Å². The standard InChI is InChI=1S/C40H44N2O5/c1-40(2,3)47-38(43)37-18-11-23-42(37)25-30(24-28-19-21-31(22-20-28)45-26-29-12-5-4-6-13-29)41-39(44)46-27-36-34-16-9-7-14-32(34)33-15-8-10-17-35(33)36/h4-10,12-17,19-22,30,36-37H,11,18,23-27H2,1-3H3,(H,41,44)/t30-,37-/m0/s1. The zero-order chi connectivity index (χ0) is 32.8. The molecule has 2 aliphatic rings. The van der Waals surface area contributed by atoms with E-state index in [1.165, 1.54) is 22.3 Å². The van der Waals surface area contributed by atoms with Gasteiger partial charge in [-0.05, 0) is 92.1 Å². The summed E-state index contributed by atoms with van der Waals surface area (Å²) in [6.45, 7) is 7.66. The second kappa shape index (κ2) is 14.4. The highest BCUT2D eigenvalue weighted by Crippen LogP contribution is 2.44. The molecule has 1 fully saturated rings. The van der Waals surface area contributed by atoms with Gasteiger partial charge in [-0.25, -0.2) is 4.79 Å². The Hall–Kier alpha value is -4.62. The van der Waals surface area contributed by atoms with Gasteiger partial charge in [0.1, 0.15) is 30.6 Å². The molecule has 0 bridgehead atoms. The number of carbonyl (C=O) groups is 2. The third-order valence-electron chi connectivity index (χ3n) is 8.82. The molecule has 2 atom stereocenters. The van der Waals surface area contributed by atoms with Gasteiger partial charge in [-0.1, -0.05) is 91.0 Å². The van der Waals surface area contributed by atoms with E-state index < -0.39 is 11.7 Å². The molecule has 7 nitrogen and oxygen atoms in total. The first-order chi connectivity index (χ1) is 22.7. The molecule has 0 spiro atoms. The third kappa shape index (κ3) is 8.22. The number of likely N-dealkylation sites (tertiary alicyclic amines) is 1. The number of ether oxygens (including phenoxy) is 3. The van der Waals surface area contributed by atoms with Crippen LogP contribution in [0.4, 0.5) is 4.79 Å². The van der Waals surface area contributed by atoms with E-state index in [1.54, 1.807) is 0 Å². The first-order valence-electron chi connectivity index (χ1n) is 16.6. The summed E-state index contributed by atoms with van der Waals surface area (Å²) in [5.74, 6) is 0.545. The summed E-state index contributed by atoms with van der Waals surface area (Å²) in [6.07, 6.45) is 1.74. The Morgan fingerprint density at radius 1 is 0.830 bits per heavy atom. The lowest BCUT2D eigenvalue weighted by Crippen LogP contribution is -2.49. The first kappa shape index (κ1) is 32.3. The van der Waals surface area contributed by atoms with Gasteiger partial charge in [0.2, 0.25) is 0 Å². The number of rotatable bonds is 11. The minimum atomic E-state index is -0.561. The molecule has 1 saturated heterocycles. The highest BCUT2D eigenvalue weighted by molar-refractivity contribution is 5.79. The average Bonchev–Trinajstić information content (AvgIpc) is 3.65. The Kier molecular flexibility index (Phi) is 9.92. The van der Waals surface area contributed by atoms with Gasteiger partial charge in [-0.15, -0.1) is 0 Å². The van der Waals surface area contributed by atoms with E-state index in [0.29, 0.717) is 19.6 Å². The predicted molar refractivity (Wildman–Crippen MR) is 183 cm³/mol. The summed E-state index contributed by atoms with van der Waals surface area (Å²) in [5.41, 5.74) is 6.31. The van der Waals surface area contributed by atoms with Gasteiger partial charge in [0.15, 0.2) is 0 Å². The number of nitrogens with one attached hydrogen (secondary N) is 1. The van der Waals surface area contributed by atoms with Crippen molar-refractivity contribution in [2.24, 2.45) is 0 Å². The van der Waals surface area contributed by atoms with Crippen molar-refractivity contribution in [3.8, 4) is 16.9 Å². The van der Waals surface area contributed by atoms with Gasteiger partial charge in [0, 0.05) is 18.5 Å². The maximum Gasteiger partial charge on any atom is 0.407 e. The van der Waals surface area contributed by atoms with Crippen LogP contribution in [0.25, 0.3) is 11.1 Å². The minimum absolute atomic E-state index is 0.0230. The monoisotopic (exact) mass is 632 g/mol. The van der Waals surface area contributed by atoms with Crippen molar-refractivity contribution in [1.82, 2.24) is 10.2 Å².